The molecule has 2 aromatic rings. The Morgan fingerprint density at radius 1 is 1.04 bits per heavy atom. The lowest BCUT2D eigenvalue weighted by atomic mass is 10.2. The van der Waals surface area contributed by atoms with Gasteiger partial charge in [0.15, 0.2) is 0 Å². The van der Waals surface area contributed by atoms with E-state index < -0.39 is 0 Å². The fourth-order valence-corrected chi connectivity index (χ4v) is 2.61. The van der Waals surface area contributed by atoms with Crippen molar-refractivity contribution < 1.29 is 19.1 Å². The van der Waals surface area contributed by atoms with Crippen LogP contribution >= 0.6 is 15.9 Å². The second kappa shape index (κ2) is 9.94. The van der Waals surface area contributed by atoms with Gasteiger partial charge in [-0.25, -0.2) is 0 Å². The summed E-state index contributed by atoms with van der Waals surface area (Å²) in [5.74, 6) is 0.303. The van der Waals surface area contributed by atoms with E-state index in [0.717, 1.165) is 0 Å². The van der Waals surface area contributed by atoms with Gasteiger partial charge in [-0.3, -0.25) is 9.59 Å². The van der Waals surface area contributed by atoms with Gasteiger partial charge in [0.25, 0.3) is 5.91 Å². The molecular formula is C19H21BrN2O4. The van der Waals surface area contributed by atoms with E-state index in [-0.39, 0.29) is 11.8 Å². The van der Waals surface area contributed by atoms with E-state index in [1.165, 1.54) is 0 Å². The minimum Gasteiger partial charge on any atom is -0.490 e. The van der Waals surface area contributed by atoms with Crippen molar-refractivity contribution >= 4 is 39.1 Å². The van der Waals surface area contributed by atoms with E-state index in [9.17, 15) is 9.59 Å². The number of carbonyl (C=O) groups excluding carboxylic acids is 2. The van der Waals surface area contributed by atoms with E-state index in [0.29, 0.717) is 46.8 Å². The van der Waals surface area contributed by atoms with Crippen molar-refractivity contribution in [3.05, 3.63) is 52.5 Å². The first-order valence-corrected chi connectivity index (χ1v) is 8.95. The molecule has 0 bridgehead atoms. The van der Waals surface area contributed by atoms with Crippen LogP contribution in [0.3, 0.4) is 0 Å². The van der Waals surface area contributed by atoms with Crippen molar-refractivity contribution in [2.75, 3.05) is 31.0 Å². The number of nitrogens with one attached hydrogen (secondary N) is 2. The molecule has 2 N–H and O–H groups in total. The van der Waals surface area contributed by atoms with Gasteiger partial charge < -0.3 is 20.1 Å². The van der Waals surface area contributed by atoms with Gasteiger partial charge in [0, 0.05) is 30.5 Å². The number of carbonyl (C=O) groups is 2. The lowest BCUT2D eigenvalue weighted by Gasteiger charge is -2.11. The van der Waals surface area contributed by atoms with Gasteiger partial charge in [-0.05, 0) is 52.3 Å². The highest BCUT2D eigenvalue weighted by molar-refractivity contribution is 9.10. The molecule has 0 aliphatic rings. The van der Waals surface area contributed by atoms with Crippen LogP contribution in [0, 0.1) is 0 Å². The summed E-state index contributed by atoms with van der Waals surface area (Å²) in [7, 11) is 1.61. The number of anilines is 2. The summed E-state index contributed by atoms with van der Waals surface area (Å²) in [5.41, 5.74) is 1.72. The van der Waals surface area contributed by atoms with Gasteiger partial charge in [0.1, 0.15) is 12.4 Å². The maximum absolute atomic E-state index is 12.4. The topological polar surface area (TPSA) is 76.7 Å². The number of amides is 2. The summed E-state index contributed by atoms with van der Waals surface area (Å²) in [5, 5.41) is 5.58. The van der Waals surface area contributed by atoms with Crippen LogP contribution in [0.2, 0.25) is 0 Å². The zero-order chi connectivity index (χ0) is 18.9. The minimum absolute atomic E-state index is 0.0820. The lowest BCUT2D eigenvalue weighted by molar-refractivity contribution is -0.115. The molecule has 0 aliphatic carbocycles. The molecule has 0 radical (unpaired) electrons. The predicted molar refractivity (Wildman–Crippen MR) is 105 cm³/mol. The average Bonchev–Trinajstić information content (AvgIpc) is 2.63. The summed E-state index contributed by atoms with van der Waals surface area (Å²) in [6.45, 7) is 2.69. The Kier molecular flexibility index (Phi) is 7.62. The van der Waals surface area contributed by atoms with Crippen LogP contribution in [0.15, 0.2) is 46.9 Å². The molecular weight excluding hydrogens is 400 g/mol. The summed E-state index contributed by atoms with van der Waals surface area (Å²) in [6.07, 6.45) is 0.392. The molecule has 138 valence electrons. The van der Waals surface area contributed by atoms with Crippen LogP contribution in [-0.2, 0) is 9.53 Å². The van der Waals surface area contributed by atoms with Gasteiger partial charge in [0.05, 0.1) is 11.1 Å². The van der Waals surface area contributed by atoms with Crippen LogP contribution in [-0.4, -0.2) is 32.1 Å². The molecule has 2 amide bonds. The smallest absolute Gasteiger partial charge is 0.255 e. The maximum Gasteiger partial charge on any atom is 0.255 e. The first-order chi connectivity index (χ1) is 12.5. The largest absolute Gasteiger partial charge is 0.490 e. The molecule has 6 nitrogen and oxygen atoms in total. The first kappa shape index (κ1) is 19.9. The monoisotopic (exact) mass is 420 g/mol. The minimum atomic E-state index is -0.256. The molecule has 2 rings (SSSR count). The van der Waals surface area contributed by atoms with Crippen LogP contribution < -0.4 is 15.4 Å². The van der Waals surface area contributed by atoms with Crippen LogP contribution in [0.5, 0.6) is 5.75 Å². The van der Waals surface area contributed by atoms with Crippen molar-refractivity contribution in [1.29, 1.82) is 0 Å². The molecule has 0 atom stereocenters. The molecule has 0 aliphatic heterocycles. The highest BCUT2D eigenvalue weighted by Gasteiger charge is 2.10. The van der Waals surface area contributed by atoms with E-state index in [1.807, 2.05) is 0 Å². The zero-order valence-electron chi connectivity index (χ0n) is 14.7. The number of methoxy groups -OCH3 is 1. The average molecular weight is 421 g/mol. The Morgan fingerprint density at radius 3 is 2.42 bits per heavy atom. The predicted octanol–water partition coefficient (Wildman–Crippen LogP) is 4.08. The zero-order valence-corrected chi connectivity index (χ0v) is 16.3. The molecule has 7 heteroatoms. The normalized spacial score (nSPS) is 10.3. The van der Waals surface area contributed by atoms with Crippen molar-refractivity contribution in [3.8, 4) is 5.75 Å². The summed E-state index contributed by atoms with van der Waals surface area (Å²) in [6, 6.07) is 12.1. The number of ether oxygens (including phenoxy) is 2. The van der Waals surface area contributed by atoms with Gasteiger partial charge >= 0.3 is 0 Å². The fourth-order valence-electron chi connectivity index (χ4n) is 2.12. The van der Waals surface area contributed by atoms with Crippen LogP contribution in [0.4, 0.5) is 11.4 Å². The number of benzene rings is 2. The van der Waals surface area contributed by atoms with Crippen LogP contribution in [0.1, 0.15) is 23.7 Å². The molecule has 26 heavy (non-hydrogen) atoms. The molecule has 0 spiro atoms. The summed E-state index contributed by atoms with van der Waals surface area (Å²) < 4.78 is 11.2. The van der Waals surface area contributed by atoms with Gasteiger partial charge in [-0.2, -0.15) is 0 Å². The Labute approximate surface area is 161 Å². The summed E-state index contributed by atoms with van der Waals surface area (Å²) in [4.78, 5) is 23.9. The van der Waals surface area contributed by atoms with E-state index >= 15 is 0 Å². The standard InChI is InChI=1S/C19H21BrN2O4/c1-3-18(23)21-14-5-4-6-15(12-14)22-19(24)13-7-8-17(16(20)11-13)26-10-9-25-2/h4-8,11-12H,3,9-10H2,1-2H3,(H,21,23)(H,22,24). The highest BCUT2D eigenvalue weighted by Crippen LogP contribution is 2.26. The third kappa shape index (κ3) is 5.86. The van der Waals surface area contributed by atoms with Crippen molar-refractivity contribution in [1.82, 2.24) is 0 Å². The van der Waals surface area contributed by atoms with Gasteiger partial charge in [-0.15, -0.1) is 0 Å². The molecule has 0 saturated carbocycles. The summed E-state index contributed by atoms with van der Waals surface area (Å²) >= 11 is 3.41. The second-order valence-corrected chi connectivity index (χ2v) is 6.28. The third-order valence-corrected chi connectivity index (χ3v) is 4.08. The first-order valence-electron chi connectivity index (χ1n) is 8.16. The van der Waals surface area contributed by atoms with Gasteiger partial charge in [-0.1, -0.05) is 13.0 Å². The lowest BCUT2D eigenvalue weighted by Crippen LogP contribution is -2.13. The van der Waals surface area contributed by atoms with E-state index in [1.54, 1.807) is 56.5 Å². The SMILES string of the molecule is CCC(=O)Nc1cccc(NC(=O)c2ccc(OCCOC)c(Br)c2)c1. The molecule has 0 fully saturated rings. The molecule has 2 aromatic carbocycles. The van der Waals surface area contributed by atoms with E-state index in [2.05, 4.69) is 26.6 Å². The fraction of sp³-hybridized carbons (Fsp3) is 0.263. The van der Waals surface area contributed by atoms with Crippen LogP contribution in [0.25, 0.3) is 0 Å². The number of hydrogen-bond acceptors (Lipinski definition) is 4. The molecule has 0 unspecified atom stereocenters. The number of hydrogen-bond donors (Lipinski definition) is 2. The third-order valence-electron chi connectivity index (χ3n) is 3.46. The quantitative estimate of drug-likeness (QED) is 0.630. The molecule has 0 heterocycles. The van der Waals surface area contributed by atoms with Crippen molar-refractivity contribution in [2.24, 2.45) is 0 Å². The van der Waals surface area contributed by atoms with Crippen molar-refractivity contribution in [3.63, 3.8) is 0 Å². The number of halogens is 1. The van der Waals surface area contributed by atoms with Crippen molar-refractivity contribution in [2.45, 2.75) is 13.3 Å². The molecule has 0 aromatic heterocycles. The van der Waals surface area contributed by atoms with Gasteiger partial charge in [0.2, 0.25) is 5.91 Å². The maximum atomic E-state index is 12.4. The Morgan fingerprint density at radius 2 is 1.77 bits per heavy atom. The Bertz CT molecular complexity index is 780. The Balaban J connectivity index is 2.04. The highest BCUT2D eigenvalue weighted by atomic mass is 79.9. The Hall–Kier alpha value is -2.38. The number of rotatable bonds is 8. The second-order valence-electron chi connectivity index (χ2n) is 5.42. The molecule has 0 saturated heterocycles. The van der Waals surface area contributed by atoms with E-state index in [4.69, 9.17) is 9.47 Å².